The monoisotopic (exact) mass is 313 g/mol. The van der Waals surface area contributed by atoms with Gasteiger partial charge in [-0.2, -0.15) is 4.31 Å². The molecule has 0 unspecified atom stereocenters. The van der Waals surface area contributed by atoms with Crippen molar-refractivity contribution in [1.29, 1.82) is 0 Å². The van der Waals surface area contributed by atoms with E-state index in [2.05, 4.69) is 11.5 Å². The Balaban J connectivity index is 1.87. The number of likely N-dealkylation sites (N-methyl/N-ethyl adjacent to an activating group) is 1. The van der Waals surface area contributed by atoms with Crippen molar-refractivity contribution in [2.45, 2.75) is 30.1 Å². The Morgan fingerprint density at radius 2 is 2.05 bits per heavy atom. The molecule has 0 aromatic carbocycles. The van der Waals surface area contributed by atoms with Crippen LogP contribution >= 0.6 is 0 Å². The lowest BCUT2D eigenvalue weighted by atomic mass is 9.91. The largest absolute Gasteiger partial charge is 0.343 e. The van der Waals surface area contributed by atoms with Crippen molar-refractivity contribution in [3.63, 3.8) is 0 Å². The van der Waals surface area contributed by atoms with Crippen LogP contribution in [0.3, 0.4) is 0 Å². The van der Waals surface area contributed by atoms with Gasteiger partial charge in [0.05, 0.1) is 5.25 Å². The first-order chi connectivity index (χ1) is 9.91. The Morgan fingerprint density at radius 3 is 2.67 bits per heavy atom. The van der Waals surface area contributed by atoms with Crippen molar-refractivity contribution in [2.75, 3.05) is 39.8 Å². The van der Waals surface area contributed by atoms with Crippen LogP contribution in [0.2, 0.25) is 0 Å². The Bertz CT molecular complexity index is 558. The summed E-state index contributed by atoms with van der Waals surface area (Å²) in [5.41, 5.74) is -0.691. The molecule has 1 spiro atoms. The third-order valence-corrected chi connectivity index (χ3v) is 7.27. The van der Waals surface area contributed by atoms with Crippen LogP contribution in [0.5, 0.6) is 0 Å². The molecule has 3 fully saturated rings. The molecule has 3 aliphatic rings. The van der Waals surface area contributed by atoms with Gasteiger partial charge in [-0.3, -0.25) is 9.69 Å². The number of hydrogen-bond acceptors (Lipinski definition) is 4. The van der Waals surface area contributed by atoms with E-state index in [0.717, 1.165) is 19.4 Å². The maximum Gasteiger partial charge on any atom is 0.244 e. The van der Waals surface area contributed by atoms with E-state index in [1.807, 2.05) is 0 Å². The van der Waals surface area contributed by atoms with Crippen molar-refractivity contribution in [2.24, 2.45) is 0 Å². The number of piperazine rings is 1. The number of carbonyl (C=O) groups excluding carboxylic acids is 1. The van der Waals surface area contributed by atoms with Crippen LogP contribution in [-0.4, -0.2) is 79.0 Å². The Hall–Kier alpha value is -0.920. The summed E-state index contributed by atoms with van der Waals surface area (Å²) in [5.74, 6) is 0.0455. The summed E-state index contributed by atoms with van der Waals surface area (Å²) < 4.78 is 26.4. The average Bonchev–Trinajstić information content (AvgIpc) is 3.21. The highest BCUT2D eigenvalue weighted by Crippen LogP contribution is 2.38. The Morgan fingerprint density at radius 1 is 1.33 bits per heavy atom. The molecule has 2 saturated heterocycles. The van der Waals surface area contributed by atoms with E-state index in [4.69, 9.17) is 0 Å². The van der Waals surface area contributed by atoms with E-state index in [-0.39, 0.29) is 11.2 Å². The molecule has 3 rings (SSSR count). The maximum absolute atomic E-state index is 12.7. The van der Waals surface area contributed by atoms with Gasteiger partial charge in [0.25, 0.3) is 0 Å². The number of sulfonamides is 1. The molecule has 0 aromatic heterocycles. The first-order valence-electron chi connectivity index (χ1n) is 7.52. The van der Waals surface area contributed by atoms with Gasteiger partial charge in [-0.15, -0.1) is 6.58 Å². The van der Waals surface area contributed by atoms with Gasteiger partial charge >= 0.3 is 0 Å². The minimum atomic E-state index is -3.21. The van der Waals surface area contributed by atoms with Crippen LogP contribution in [0, 0.1) is 0 Å². The van der Waals surface area contributed by atoms with Crippen molar-refractivity contribution < 1.29 is 13.2 Å². The highest BCUT2D eigenvalue weighted by Gasteiger charge is 2.55. The first-order valence-corrected chi connectivity index (χ1v) is 9.02. The predicted molar refractivity (Wildman–Crippen MR) is 80.3 cm³/mol. The number of rotatable bonds is 4. The van der Waals surface area contributed by atoms with Crippen molar-refractivity contribution in [1.82, 2.24) is 14.1 Å². The SMILES string of the molecule is C=CCN1CCN(C)C(=O)[C@]12CCN(S(=O)(=O)C1CC1)C2. The molecule has 6 nitrogen and oxygen atoms in total. The molecule has 0 bridgehead atoms. The van der Waals surface area contributed by atoms with Crippen LogP contribution in [-0.2, 0) is 14.8 Å². The van der Waals surface area contributed by atoms with E-state index in [9.17, 15) is 13.2 Å². The smallest absolute Gasteiger partial charge is 0.244 e. The molecule has 0 N–H and O–H groups in total. The maximum atomic E-state index is 12.7. The van der Waals surface area contributed by atoms with Gasteiger partial charge in [-0.1, -0.05) is 6.08 Å². The third kappa shape index (κ3) is 2.31. The summed E-state index contributed by atoms with van der Waals surface area (Å²) in [5, 5.41) is -0.211. The number of amides is 1. The zero-order valence-corrected chi connectivity index (χ0v) is 13.3. The summed E-state index contributed by atoms with van der Waals surface area (Å²) >= 11 is 0. The molecule has 2 heterocycles. The molecule has 7 heteroatoms. The molecule has 1 aliphatic carbocycles. The van der Waals surface area contributed by atoms with E-state index < -0.39 is 15.6 Å². The predicted octanol–water partition coefficient (Wildman–Crippen LogP) is -0.117. The molecule has 21 heavy (non-hydrogen) atoms. The van der Waals surface area contributed by atoms with Gasteiger partial charge in [0.2, 0.25) is 15.9 Å². The van der Waals surface area contributed by atoms with Crippen LogP contribution in [0.4, 0.5) is 0 Å². The van der Waals surface area contributed by atoms with E-state index in [1.54, 1.807) is 18.0 Å². The molecular weight excluding hydrogens is 290 g/mol. The van der Waals surface area contributed by atoms with Gasteiger partial charge in [0.15, 0.2) is 0 Å². The lowest BCUT2D eigenvalue weighted by Crippen LogP contribution is -2.66. The van der Waals surface area contributed by atoms with Gasteiger partial charge < -0.3 is 4.90 Å². The zero-order valence-electron chi connectivity index (χ0n) is 12.5. The normalized spacial score (nSPS) is 32.0. The van der Waals surface area contributed by atoms with Crippen LogP contribution in [0.15, 0.2) is 12.7 Å². The summed E-state index contributed by atoms with van der Waals surface area (Å²) in [6.45, 7) is 6.58. The second-order valence-corrected chi connectivity index (χ2v) is 8.53. The Labute approximate surface area is 126 Å². The fourth-order valence-electron chi connectivity index (χ4n) is 3.48. The molecular formula is C14H23N3O3S. The minimum Gasteiger partial charge on any atom is -0.343 e. The lowest BCUT2D eigenvalue weighted by molar-refractivity contribution is -0.148. The second kappa shape index (κ2) is 5.07. The lowest BCUT2D eigenvalue weighted by Gasteiger charge is -2.46. The fraction of sp³-hybridized carbons (Fsp3) is 0.786. The average molecular weight is 313 g/mol. The minimum absolute atomic E-state index is 0.0455. The number of carbonyl (C=O) groups is 1. The van der Waals surface area contributed by atoms with E-state index >= 15 is 0 Å². The van der Waals surface area contributed by atoms with E-state index in [0.29, 0.717) is 32.6 Å². The molecule has 0 aromatic rings. The van der Waals surface area contributed by atoms with Crippen molar-refractivity contribution in [3.8, 4) is 0 Å². The Kier molecular flexibility index (Phi) is 3.62. The summed E-state index contributed by atoms with van der Waals surface area (Å²) in [6, 6.07) is 0. The van der Waals surface area contributed by atoms with Crippen LogP contribution < -0.4 is 0 Å². The topological polar surface area (TPSA) is 60.9 Å². The van der Waals surface area contributed by atoms with Crippen molar-refractivity contribution in [3.05, 3.63) is 12.7 Å². The zero-order chi connectivity index (χ0) is 15.3. The van der Waals surface area contributed by atoms with E-state index in [1.165, 1.54) is 4.31 Å². The molecule has 1 atom stereocenters. The molecule has 1 amide bonds. The molecule has 118 valence electrons. The van der Waals surface area contributed by atoms with Crippen molar-refractivity contribution >= 4 is 15.9 Å². The first kappa shape index (κ1) is 15.0. The molecule has 0 radical (unpaired) electrons. The van der Waals surface area contributed by atoms with Gasteiger partial charge in [-0.25, -0.2) is 8.42 Å². The van der Waals surface area contributed by atoms with Crippen LogP contribution in [0.25, 0.3) is 0 Å². The number of nitrogens with zero attached hydrogens (tertiary/aromatic N) is 3. The third-order valence-electron chi connectivity index (χ3n) is 4.92. The van der Waals surface area contributed by atoms with Crippen LogP contribution in [0.1, 0.15) is 19.3 Å². The molecule has 1 saturated carbocycles. The number of hydrogen-bond donors (Lipinski definition) is 0. The van der Waals surface area contributed by atoms with Gasteiger partial charge in [0.1, 0.15) is 5.54 Å². The summed E-state index contributed by atoms with van der Waals surface area (Å²) in [6.07, 6.45) is 3.89. The van der Waals surface area contributed by atoms with Gasteiger partial charge in [-0.05, 0) is 19.3 Å². The fourth-order valence-corrected chi connectivity index (χ4v) is 5.38. The van der Waals surface area contributed by atoms with Gasteiger partial charge in [0, 0.05) is 39.8 Å². The quantitative estimate of drug-likeness (QED) is 0.679. The second-order valence-electron chi connectivity index (χ2n) is 6.32. The highest BCUT2D eigenvalue weighted by molar-refractivity contribution is 7.90. The molecule has 2 aliphatic heterocycles. The summed E-state index contributed by atoms with van der Waals surface area (Å²) in [7, 11) is -1.41. The highest BCUT2D eigenvalue weighted by atomic mass is 32.2. The summed E-state index contributed by atoms with van der Waals surface area (Å²) in [4.78, 5) is 16.6. The standard InChI is InChI=1S/C14H23N3O3S/c1-3-7-16-10-9-15(2)13(18)14(16)6-8-17(11-14)21(19,20)12-4-5-12/h3,12H,1,4-11H2,2H3/t14-/m1/s1.